The summed E-state index contributed by atoms with van der Waals surface area (Å²) in [6.07, 6.45) is 4.39. The first-order valence-electron chi connectivity index (χ1n) is 8.11. The first-order valence-corrected chi connectivity index (χ1v) is 8.11. The lowest BCUT2D eigenvalue weighted by atomic mass is 10.0. The van der Waals surface area contributed by atoms with Crippen molar-refractivity contribution in [1.29, 1.82) is 0 Å². The molecular weight excluding hydrogens is 281 g/mol. The molecule has 0 spiro atoms. The van der Waals surface area contributed by atoms with E-state index >= 15 is 0 Å². The van der Waals surface area contributed by atoms with Crippen molar-refractivity contribution in [3.05, 3.63) is 35.6 Å². The van der Waals surface area contributed by atoms with E-state index in [9.17, 15) is 9.50 Å². The molecule has 1 aromatic carbocycles. The second-order valence-corrected chi connectivity index (χ2v) is 5.89. The Bertz CT molecular complexity index is 498. The van der Waals surface area contributed by atoms with Crippen molar-refractivity contribution >= 4 is 5.96 Å². The van der Waals surface area contributed by atoms with E-state index in [1.165, 1.54) is 6.07 Å². The summed E-state index contributed by atoms with van der Waals surface area (Å²) in [5.74, 6) is 0.505. The molecule has 1 aliphatic rings. The second-order valence-electron chi connectivity index (χ2n) is 5.89. The number of guanidine groups is 1. The predicted molar refractivity (Wildman–Crippen MR) is 87.5 cm³/mol. The van der Waals surface area contributed by atoms with Gasteiger partial charge in [-0.05, 0) is 37.8 Å². The highest BCUT2D eigenvalue weighted by molar-refractivity contribution is 5.79. The van der Waals surface area contributed by atoms with E-state index < -0.39 is 5.60 Å². The molecule has 1 fully saturated rings. The Morgan fingerprint density at radius 1 is 1.27 bits per heavy atom. The van der Waals surface area contributed by atoms with Crippen LogP contribution < -0.4 is 10.6 Å². The first-order chi connectivity index (χ1) is 10.6. The van der Waals surface area contributed by atoms with Gasteiger partial charge in [0.05, 0.1) is 12.1 Å². The van der Waals surface area contributed by atoms with Crippen LogP contribution in [0, 0.1) is 5.82 Å². The standard InChI is InChI=1S/C17H26FN3O/c1-2-19-16(21-13-17(22)10-5-6-11-17)20-12-9-14-7-3-4-8-15(14)18/h3-4,7-8,22H,2,5-6,9-13H2,1H3,(H2,19,20,21). The minimum Gasteiger partial charge on any atom is -0.388 e. The minimum absolute atomic E-state index is 0.175. The number of rotatable bonds is 6. The molecule has 1 saturated carbocycles. The van der Waals surface area contributed by atoms with Gasteiger partial charge in [-0.15, -0.1) is 0 Å². The number of benzene rings is 1. The number of halogens is 1. The lowest BCUT2D eigenvalue weighted by molar-refractivity contribution is 0.0574. The number of aliphatic imine (C=N–C) groups is 1. The summed E-state index contributed by atoms with van der Waals surface area (Å²) >= 11 is 0. The molecule has 0 radical (unpaired) electrons. The highest BCUT2D eigenvalue weighted by atomic mass is 19.1. The Hall–Kier alpha value is -1.62. The van der Waals surface area contributed by atoms with E-state index in [2.05, 4.69) is 15.6 Å². The summed E-state index contributed by atoms with van der Waals surface area (Å²) < 4.78 is 13.6. The van der Waals surface area contributed by atoms with Crippen LogP contribution in [-0.4, -0.2) is 36.3 Å². The average molecular weight is 307 g/mol. The summed E-state index contributed by atoms with van der Waals surface area (Å²) in [5, 5.41) is 16.7. The molecule has 0 aromatic heterocycles. The zero-order chi connectivity index (χ0) is 15.8. The van der Waals surface area contributed by atoms with Crippen LogP contribution in [0.5, 0.6) is 0 Å². The van der Waals surface area contributed by atoms with Gasteiger partial charge in [0.15, 0.2) is 5.96 Å². The molecule has 0 aliphatic heterocycles. The first kappa shape index (κ1) is 16.7. The topological polar surface area (TPSA) is 56.7 Å². The number of nitrogens with zero attached hydrogens (tertiary/aromatic N) is 1. The lowest BCUT2D eigenvalue weighted by Crippen LogP contribution is -2.40. The normalized spacial score (nSPS) is 17.5. The fourth-order valence-electron chi connectivity index (χ4n) is 2.78. The highest BCUT2D eigenvalue weighted by Crippen LogP contribution is 2.29. The molecule has 1 aromatic rings. The van der Waals surface area contributed by atoms with Crippen LogP contribution in [-0.2, 0) is 6.42 Å². The fourth-order valence-corrected chi connectivity index (χ4v) is 2.78. The quantitative estimate of drug-likeness (QED) is 0.558. The number of nitrogens with one attached hydrogen (secondary N) is 2. The Balaban J connectivity index is 1.84. The van der Waals surface area contributed by atoms with E-state index in [4.69, 9.17) is 0 Å². The fraction of sp³-hybridized carbons (Fsp3) is 0.588. The van der Waals surface area contributed by atoms with E-state index in [0.717, 1.165) is 32.2 Å². The maximum absolute atomic E-state index is 13.6. The summed E-state index contributed by atoms with van der Waals surface area (Å²) in [7, 11) is 0. The Kier molecular flexibility index (Phi) is 6.19. The van der Waals surface area contributed by atoms with Crippen LogP contribution in [0.3, 0.4) is 0 Å². The lowest BCUT2D eigenvalue weighted by Gasteiger charge is -2.20. The van der Waals surface area contributed by atoms with Crippen LogP contribution >= 0.6 is 0 Å². The van der Waals surface area contributed by atoms with Crippen molar-refractivity contribution in [1.82, 2.24) is 10.6 Å². The van der Waals surface area contributed by atoms with Gasteiger partial charge >= 0.3 is 0 Å². The maximum Gasteiger partial charge on any atom is 0.191 e. The zero-order valence-corrected chi connectivity index (χ0v) is 13.2. The van der Waals surface area contributed by atoms with Gasteiger partial charge in [-0.1, -0.05) is 31.0 Å². The van der Waals surface area contributed by atoms with E-state index in [1.54, 1.807) is 12.1 Å². The smallest absolute Gasteiger partial charge is 0.191 e. The van der Waals surface area contributed by atoms with E-state index in [1.807, 2.05) is 13.0 Å². The van der Waals surface area contributed by atoms with Crippen LogP contribution in [0.1, 0.15) is 38.2 Å². The third-order valence-corrected chi connectivity index (χ3v) is 4.05. The average Bonchev–Trinajstić information content (AvgIpc) is 2.94. The zero-order valence-electron chi connectivity index (χ0n) is 13.2. The Morgan fingerprint density at radius 2 is 2.00 bits per heavy atom. The molecule has 2 rings (SSSR count). The van der Waals surface area contributed by atoms with Crippen LogP contribution in [0.2, 0.25) is 0 Å². The van der Waals surface area contributed by atoms with Crippen molar-refractivity contribution in [2.75, 3.05) is 19.6 Å². The number of hydrogen-bond donors (Lipinski definition) is 3. The van der Waals surface area contributed by atoms with Crippen LogP contribution in [0.4, 0.5) is 4.39 Å². The molecule has 22 heavy (non-hydrogen) atoms. The van der Waals surface area contributed by atoms with Gasteiger partial charge in [0.1, 0.15) is 5.82 Å². The Morgan fingerprint density at radius 3 is 2.68 bits per heavy atom. The van der Waals surface area contributed by atoms with Crippen molar-refractivity contribution in [3.63, 3.8) is 0 Å². The van der Waals surface area contributed by atoms with E-state index in [0.29, 0.717) is 31.0 Å². The molecular formula is C17H26FN3O. The Labute approximate surface area is 131 Å². The van der Waals surface area contributed by atoms with Crippen LogP contribution in [0.25, 0.3) is 0 Å². The van der Waals surface area contributed by atoms with Crippen molar-refractivity contribution in [3.8, 4) is 0 Å². The largest absolute Gasteiger partial charge is 0.388 e. The van der Waals surface area contributed by atoms with Gasteiger partial charge in [-0.2, -0.15) is 0 Å². The molecule has 0 bridgehead atoms. The third kappa shape index (κ3) is 4.98. The predicted octanol–water partition coefficient (Wildman–Crippen LogP) is 2.23. The number of aliphatic hydroxyl groups is 1. The van der Waals surface area contributed by atoms with Crippen LogP contribution in [0.15, 0.2) is 29.3 Å². The van der Waals surface area contributed by atoms with Gasteiger partial charge in [0.2, 0.25) is 0 Å². The molecule has 0 atom stereocenters. The second kappa shape index (κ2) is 8.13. The molecule has 5 heteroatoms. The minimum atomic E-state index is -0.645. The summed E-state index contributed by atoms with van der Waals surface area (Å²) in [6, 6.07) is 6.81. The SMILES string of the molecule is CCNC(=NCC1(O)CCCC1)NCCc1ccccc1F. The van der Waals surface area contributed by atoms with Gasteiger partial charge < -0.3 is 15.7 Å². The summed E-state index contributed by atoms with van der Waals surface area (Å²) in [4.78, 5) is 4.47. The molecule has 3 N–H and O–H groups in total. The monoisotopic (exact) mass is 307 g/mol. The molecule has 0 unspecified atom stereocenters. The molecule has 0 saturated heterocycles. The third-order valence-electron chi connectivity index (χ3n) is 4.05. The van der Waals surface area contributed by atoms with Crippen molar-refractivity contribution in [2.24, 2.45) is 4.99 Å². The van der Waals surface area contributed by atoms with Crippen molar-refractivity contribution in [2.45, 2.75) is 44.6 Å². The summed E-state index contributed by atoms with van der Waals surface area (Å²) in [6.45, 7) is 3.77. The van der Waals surface area contributed by atoms with Gasteiger partial charge in [0, 0.05) is 13.1 Å². The van der Waals surface area contributed by atoms with Crippen molar-refractivity contribution < 1.29 is 9.50 Å². The highest BCUT2D eigenvalue weighted by Gasteiger charge is 2.30. The molecule has 0 amide bonds. The van der Waals surface area contributed by atoms with Gasteiger partial charge in [-0.25, -0.2) is 4.39 Å². The molecule has 4 nitrogen and oxygen atoms in total. The molecule has 122 valence electrons. The van der Waals surface area contributed by atoms with Gasteiger partial charge in [0.25, 0.3) is 0 Å². The maximum atomic E-state index is 13.6. The summed E-state index contributed by atoms with van der Waals surface area (Å²) in [5.41, 5.74) is 0.0497. The molecule has 1 aliphatic carbocycles. The van der Waals surface area contributed by atoms with Gasteiger partial charge in [-0.3, -0.25) is 4.99 Å². The van der Waals surface area contributed by atoms with E-state index in [-0.39, 0.29) is 5.82 Å². The molecule has 0 heterocycles. The number of hydrogen-bond acceptors (Lipinski definition) is 2.